The summed E-state index contributed by atoms with van der Waals surface area (Å²) in [6, 6.07) is 7.04. The van der Waals surface area contributed by atoms with E-state index in [2.05, 4.69) is 10.4 Å². The number of aromatic nitrogens is 2. The Kier molecular flexibility index (Phi) is 4.22. The second kappa shape index (κ2) is 5.72. The van der Waals surface area contributed by atoms with Crippen LogP contribution < -0.4 is 5.32 Å². The second-order valence-electron chi connectivity index (χ2n) is 4.63. The van der Waals surface area contributed by atoms with Crippen LogP contribution in [0.25, 0.3) is 0 Å². The van der Waals surface area contributed by atoms with Crippen LogP contribution in [0.1, 0.15) is 23.0 Å². The van der Waals surface area contributed by atoms with Gasteiger partial charge in [0.1, 0.15) is 5.82 Å². The molecule has 1 atom stereocenters. The van der Waals surface area contributed by atoms with E-state index in [0.717, 1.165) is 17.0 Å². The molecule has 102 valence electrons. The number of nitrogens with one attached hydrogen (secondary N) is 1. The molecule has 1 N–H and O–H groups in total. The summed E-state index contributed by atoms with van der Waals surface area (Å²) in [6.45, 7) is 1.96. The topological polar surface area (TPSA) is 29.9 Å². The molecule has 1 aromatic carbocycles. The molecule has 0 radical (unpaired) electrons. The summed E-state index contributed by atoms with van der Waals surface area (Å²) >= 11 is 5.69. The van der Waals surface area contributed by atoms with E-state index in [1.807, 2.05) is 37.8 Å². The van der Waals surface area contributed by atoms with Crippen molar-refractivity contribution in [3.8, 4) is 0 Å². The monoisotopic (exact) mass is 281 g/mol. The first-order valence-electron chi connectivity index (χ1n) is 6.13. The molecule has 0 spiro atoms. The van der Waals surface area contributed by atoms with Crippen LogP contribution in [0.2, 0.25) is 5.02 Å². The lowest BCUT2D eigenvalue weighted by Crippen LogP contribution is -2.21. The van der Waals surface area contributed by atoms with Gasteiger partial charge in [-0.25, -0.2) is 4.39 Å². The van der Waals surface area contributed by atoms with Crippen LogP contribution in [0.5, 0.6) is 0 Å². The molecular weight excluding hydrogens is 265 g/mol. The molecule has 3 nitrogen and oxygen atoms in total. The number of rotatable bonds is 4. The van der Waals surface area contributed by atoms with Crippen molar-refractivity contribution in [2.45, 2.75) is 19.4 Å². The fourth-order valence-corrected chi connectivity index (χ4v) is 2.33. The third kappa shape index (κ3) is 3.14. The Morgan fingerprint density at radius 2 is 2.16 bits per heavy atom. The maximum atomic E-state index is 13.4. The average Bonchev–Trinajstić information content (AvgIpc) is 2.70. The maximum Gasteiger partial charge on any atom is 0.142 e. The first-order chi connectivity index (χ1) is 9.01. The molecule has 1 aromatic heterocycles. The van der Waals surface area contributed by atoms with E-state index >= 15 is 0 Å². The number of likely N-dealkylation sites (N-methyl/N-ethyl adjacent to an activating group) is 1. The van der Waals surface area contributed by atoms with Crippen molar-refractivity contribution in [1.82, 2.24) is 15.1 Å². The molecule has 5 heteroatoms. The first kappa shape index (κ1) is 14.0. The van der Waals surface area contributed by atoms with Crippen molar-refractivity contribution in [3.05, 3.63) is 52.1 Å². The van der Waals surface area contributed by atoms with Gasteiger partial charge in [0, 0.05) is 7.05 Å². The van der Waals surface area contributed by atoms with Gasteiger partial charge in [-0.1, -0.05) is 17.7 Å². The quantitative estimate of drug-likeness (QED) is 0.934. The molecule has 0 amide bonds. The number of hydrogen-bond acceptors (Lipinski definition) is 2. The lowest BCUT2D eigenvalue weighted by atomic mass is 10.0. The molecule has 2 aromatic rings. The highest BCUT2D eigenvalue weighted by Gasteiger charge is 2.15. The number of benzene rings is 1. The predicted molar refractivity (Wildman–Crippen MR) is 74.9 cm³/mol. The van der Waals surface area contributed by atoms with E-state index in [1.54, 1.807) is 6.07 Å². The first-order valence-corrected chi connectivity index (χ1v) is 6.50. The van der Waals surface area contributed by atoms with E-state index in [9.17, 15) is 4.39 Å². The summed E-state index contributed by atoms with van der Waals surface area (Å²) in [5.41, 5.74) is 2.95. The van der Waals surface area contributed by atoms with E-state index in [-0.39, 0.29) is 16.9 Å². The van der Waals surface area contributed by atoms with Gasteiger partial charge in [-0.05, 0) is 44.2 Å². The lowest BCUT2D eigenvalue weighted by Gasteiger charge is -2.16. The number of halogens is 2. The van der Waals surface area contributed by atoms with Gasteiger partial charge in [-0.2, -0.15) is 5.10 Å². The van der Waals surface area contributed by atoms with Crippen LogP contribution in [0.4, 0.5) is 4.39 Å². The molecule has 0 aliphatic rings. The van der Waals surface area contributed by atoms with Gasteiger partial charge in [0.25, 0.3) is 0 Å². The molecule has 0 saturated carbocycles. The van der Waals surface area contributed by atoms with Gasteiger partial charge in [-0.3, -0.25) is 4.68 Å². The van der Waals surface area contributed by atoms with Crippen LogP contribution in [-0.4, -0.2) is 16.8 Å². The highest BCUT2D eigenvalue weighted by Crippen LogP contribution is 2.21. The van der Waals surface area contributed by atoms with Gasteiger partial charge < -0.3 is 5.32 Å². The Morgan fingerprint density at radius 3 is 2.68 bits per heavy atom. The zero-order valence-corrected chi connectivity index (χ0v) is 12.0. The van der Waals surface area contributed by atoms with Crippen LogP contribution in [-0.2, 0) is 13.5 Å². The van der Waals surface area contributed by atoms with Crippen LogP contribution in [0.3, 0.4) is 0 Å². The summed E-state index contributed by atoms with van der Waals surface area (Å²) in [4.78, 5) is 0. The zero-order valence-electron chi connectivity index (χ0n) is 11.2. The molecule has 0 aliphatic heterocycles. The molecule has 1 unspecified atom stereocenters. The molecular formula is C14H17ClFN3. The lowest BCUT2D eigenvalue weighted by molar-refractivity contribution is 0.534. The summed E-state index contributed by atoms with van der Waals surface area (Å²) < 4.78 is 15.3. The second-order valence-corrected chi connectivity index (χ2v) is 5.04. The SMILES string of the molecule is CNC(Cc1ccc(Cl)c(F)c1)c1cc(C)nn1C. The van der Waals surface area contributed by atoms with E-state index in [4.69, 9.17) is 11.6 Å². The highest BCUT2D eigenvalue weighted by molar-refractivity contribution is 6.30. The highest BCUT2D eigenvalue weighted by atomic mass is 35.5. The zero-order chi connectivity index (χ0) is 14.0. The minimum atomic E-state index is -0.379. The smallest absolute Gasteiger partial charge is 0.142 e. The standard InChI is InChI=1S/C14H17ClFN3/c1-9-6-14(19(3)18-9)13(17-2)8-10-4-5-11(15)12(16)7-10/h4-7,13,17H,8H2,1-3H3. The molecule has 19 heavy (non-hydrogen) atoms. The van der Waals surface area contributed by atoms with E-state index in [1.165, 1.54) is 6.07 Å². The van der Waals surface area contributed by atoms with Gasteiger partial charge in [-0.15, -0.1) is 0 Å². The molecule has 0 bridgehead atoms. The van der Waals surface area contributed by atoms with Crippen LogP contribution in [0.15, 0.2) is 24.3 Å². The van der Waals surface area contributed by atoms with Crippen molar-refractivity contribution >= 4 is 11.6 Å². The van der Waals surface area contributed by atoms with Crippen LogP contribution >= 0.6 is 11.6 Å². The van der Waals surface area contributed by atoms with Crippen molar-refractivity contribution in [3.63, 3.8) is 0 Å². The summed E-state index contributed by atoms with van der Waals surface area (Å²) in [5.74, 6) is -0.379. The number of aryl methyl sites for hydroxylation is 2. The van der Waals surface area contributed by atoms with Gasteiger partial charge in [0.05, 0.1) is 22.5 Å². The molecule has 0 saturated heterocycles. The van der Waals surface area contributed by atoms with Gasteiger partial charge >= 0.3 is 0 Å². The Labute approximate surface area is 117 Å². The molecule has 2 rings (SSSR count). The van der Waals surface area contributed by atoms with Crippen molar-refractivity contribution in [2.75, 3.05) is 7.05 Å². The largest absolute Gasteiger partial charge is 0.311 e. The maximum absolute atomic E-state index is 13.4. The fourth-order valence-electron chi connectivity index (χ4n) is 2.21. The summed E-state index contributed by atoms with van der Waals surface area (Å²) in [7, 11) is 3.80. The van der Waals surface area contributed by atoms with Crippen LogP contribution in [0, 0.1) is 12.7 Å². The van der Waals surface area contributed by atoms with Gasteiger partial charge in [0.2, 0.25) is 0 Å². The van der Waals surface area contributed by atoms with Crippen molar-refractivity contribution in [1.29, 1.82) is 0 Å². The Morgan fingerprint density at radius 1 is 1.42 bits per heavy atom. The predicted octanol–water partition coefficient (Wildman–Crippen LogP) is 3.02. The fraction of sp³-hybridized carbons (Fsp3) is 0.357. The molecule has 1 heterocycles. The normalized spacial score (nSPS) is 12.7. The minimum absolute atomic E-state index is 0.0896. The Hall–Kier alpha value is -1.39. The van der Waals surface area contributed by atoms with E-state index < -0.39 is 0 Å². The summed E-state index contributed by atoms with van der Waals surface area (Å²) in [6.07, 6.45) is 0.684. The van der Waals surface area contributed by atoms with E-state index in [0.29, 0.717) is 6.42 Å². The molecule has 0 aliphatic carbocycles. The third-order valence-electron chi connectivity index (χ3n) is 3.17. The Bertz CT molecular complexity index is 580. The Balaban J connectivity index is 2.23. The average molecular weight is 282 g/mol. The van der Waals surface area contributed by atoms with Gasteiger partial charge in [0.15, 0.2) is 0 Å². The third-order valence-corrected chi connectivity index (χ3v) is 3.47. The number of hydrogen-bond donors (Lipinski definition) is 1. The minimum Gasteiger partial charge on any atom is -0.311 e. The van der Waals surface area contributed by atoms with Crippen molar-refractivity contribution < 1.29 is 4.39 Å². The summed E-state index contributed by atoms with van der Waals surface area (Å²) in [5, 5.41) is 7.73. The van der Waals surface area contributed by atoms with Crippen molar-refractivity contribution in [2.24, 2.45) is 7.05 Å². The number of nitrogens with zero attached hydrogens (tertiary/aromatic N) is 2. The molecule has 0 fully saturated rings.